The Morgan fingerprint density at radius 2 is 1.75 bits per heavy atom. The Balaban J connectivity index is 1.55. The van der Waals surface area contributed by atoms with E-state index in [2.05, 4.69) is 20.8 Å². The number of hydrogen-bond acceptors (Lipinski definition) is 2. The van der Waals surface area contributed by atoms with Crippen LogP contribution in [0.2, 0.25) is 0 Å². The molecule has 3 nitrogen and oxygen atoms in total. The summed E-state index contributed by atoms with van der Waals surface area (Å²) in [6, 6.07) is 0. The van der Waals surface area contributed by atoms with Crippen LogP contribution in [0.4, 0.5) is 4.39 Å². The Morgan fingerprint density at radius 3 is 2.46 bits per heavy atom. The third kappa shape index (κ3) is 3.13. The first kappa shape index (κ1) is 20.6. The summed E-state index contributed by atoms with van der Waals surface area (Å²) in [4.78, 5) is 11.0. The average Bonchev–Trinajstić information content (AvgIpc) is 2.98. The molecule has 4 aliphatic carbocycles. The molecular weight excluding hydrogens is 355 g/mol. The van der Waals surface area contributed by atoms with E-state index in [1.165, 1.54) is 6.42 Å². The van der Waals surface area contributed by atoms with Crippen LogP contribution in [0.5, 0.6) is 0 Å². The summed E-state index contributed by atoms with van der Waals surface area (Å²) in [6.45, 7) is 7.02. The van der Waals surface area contributed by atoms with Gasteiger partial charge in [-0.1, -0.05) is 20.8 Å². The van der Waals surface area contributed by atoms with E-state index in [1.807, 2.05) is 0 Å². The molecule has 0 aromatic carbocycles. The number of halogens is 1. The van der Waals surface area contributed by atoms with Gasteiger partial charge >= 0.3 is 5.97 Å². The summed E-state index contributed by atoms with van der Waals surface area (Å²) in [5.41, 5.74) is 0.363. The Kier molecular flexibility index (Phi) is 5.34. The maximum atomic E-state index is 15.6. The van der Waals surface area contributed by atoms with E-state index in [-0.39, 0.29) is 29.3 Å². The number of alkyl halides is 1. The first-order valence-electron chi connectivity index (χ1n) is 11.7. The summed E-state index contributed by atoms with van der Waals surface area (Å²) in [5, 5.41) is 19.2. The van der Waals surface area contributed by atoms with E-state index in [4.69, 9.17) is 5.11 Å². The largest absolute Gasteiger partial charge is 0.481 e. The molecule has 10 atom stereocenters. The molecule has 0 aliphatic heterocycles. The number of aliphatic hydroxyl groups excluding tert-OH is 1. The van der Waals surface area contributed by atoms with E-state index in [0.29, 0.717) is 36.0 Å². The van der Waals surface area contributed by atoms with Gasteiger partial charge in [0, 0.05) is 6.42 Å². The molecule has 0 heterocycles. The van der Waals surface area contributed by atoms with Gasteiger partial charge < -0.3 is 10.2 Å². The average molecular weight is 395 g/mol. The predicted molar refractivity (Wildman–Crippen MR) is 108 cm³/mol. The Hall–Kier alpha value is -0.640. The van der Waals surface area contributed by atoms with Crippen LogP contribution < -0.4 is 0 Å². The summed E-state index contributed by atoms with van der Waals surface area (Å²) < 4.78 is 15.6. The molecule has 4 fully saturated rings. The monoisotopic (exact) mass is 394 g/mol. The van der Waals surface area contributed by atoms with E-state index >= 15 is 4.39 Å². The van der Waals surface area contributed by atoms with Crippen molar-refractivity contribution in [2.75, 3.05) is 0 Å². The van der Waals surface area contributed by atoms with Crippen LogP contribution >= 0.6 is 0 Å². The van der Waals surface area contributed by atoms with Crippen LogP contribution in [0, 0.1) is 46.3 Å². The standard InChI is InChI=1S/C24H39FO3/c1-14(4-7-21(27)28)17-5-6-18-22-19(9-11-24(17,18)3)23(2)10-8-16(26)12-15(23)13-20(22)25/h14-20,22,26H,4-13H2,1-3H3,(H,27,28)/t14-,15+,16-,17?,18+,19+,20-,22+,23+,24-/m1/s1. The van der Waals surface area contributed by atoms with Crippen LogP contribution in [0.3, 0.4) is 0 Å². The van der Waals surface area contributed by atoms with Gasteiger partial charge in [0.2, 0.25) is 0 Å². The molecule has 0 spiro atoms. The zero-order valence-corrected chi connectivity index (χ0v) is 17.9. The number of carbonyl (C=O) groups is 1. The third-order valence-corrected chi connectivity index (χ3v) is 10.2. The number of aliphatic hydroxyl groups is 1. The number of rotatable bonds is 4. The van der Waals surface area contributed by atoms with E-state index < -0.39 is 12.1 Å². The van der Waals surface area contributed by atoms with Gasteiger partial charge in [-0.05, 0) is 104 Å². The number of fused-ring (bicyclic) bond motifs is 5. The molecule has 4 saturated carbocycles. The fourth-order valence-electron chi connectivity index (χ4n) is 8.68. The molecule has 0 bridgehead atoms. The number of carboxylic acid groups (broad SMARTS) is 1. The molecule has 0 radical (unpaired) electrons. The van der Waals surface area contributed by atoms with Gasteiger partial charge in [-0.2, -0.15) is 0 Å². The molecule has 160 valence electrons. The minimum Gasteiger partial charge on any atom is -0.481 e. The Morgan fingerprint density at radius 1 is 1.07 bits per heavy atom. The van der Waals surface area contributed by atoms with Gasteiger partial charge in [-0.25, -0.2) is 4.39 Å². The highest BCUT2D eigenvalue weighted by molar-refractivity contribution is 5.66. The highest BCUT2D eigenvalue weighted by atomic mass is 19.1. The minimum absolute atomic E-state index is 0.167. The van der Waals surface area contributed by atoms with Crippen LogP contribution in [0.1, 0.15) is 85.0 Å². The Bertz CT molecular complexity index is 609. The van der Waals surface area contributed by atoms with Crippen molar-refractivity contribution in [3.05, 3.63) is 0 Å². The summed E-state index contributed by atoms with van der Waals surface area (Å²) in [6.07, 6.45) is 7.91. The molecule has 0 aromatic rings. The van der Waals surface area contributed by atoms with Gasteiger partial charge in [0.25, 0.3) is 0 Å². The lowest BCUT2D eigenvalue weighted by Gasteiger charge is -2.62. The summed E-state index contributed by atoms with van der Waals surface area (Å²) in [5.74, 6) is 1.64. The van der Waals surface area contributed by atoms with Gasteiger partial charge in [-0.15, -0.1) is 0 Å². The molecule has 0 saturated heterocycles. The minimum atomic E-state index is -0.730. The molecule has 0 aromatic heterocycles. The zero-order valence-electron chi connectivity index (χ0n) is 17.9. The molecule has 0 amide bonds. The van der Waals surface area contributed by atoms with E-state index in [9.17, 15) is 9.90 Å². The highest BCUT2D eigenvalue weighted by Gasteiger charge is 2.63. The van der Waals surface area contributed by atoms with Crippen molar-refractivity contribution in [2.45, 2.75) is 97.3 Å². The SMILES string of the molecule is C[C@H](CCC(=O)O)C1CC[C@H]2[C@@H]3[C@H](F)C[C@@H]4C[C@H](O)CC[C@]4(C)[C@H]3CC[C@]12C. The maximum absolute atomic E-state index is 15.6. The molecule has 28 heavy (non-hydrogen) atoms. The second kappa shape index (κ2) is 7.25. The molecular formula is C24H39FO3. The quantitative estimate of drug-likeness (QED) is 0.666. The normalized spacial score (nSPS) is 51.7. The lowest BCUT2D eigenvalue weighted by atomic mass is 9.44. The van der Waals surface area contributed by atoms with Gasteiger partial charge in [0.1, 0.15) is 6.17 Å². The van der Waals surface area contributed by atoms with Crippen molar-refractivity contribution in [1.29, 1.82) is 0 Å². The maximum Gasteiger partial charge on any atom is 0.303 e. The van der Waals surface area contributed by atoms with Crippen LogP contribution in [0.25, 0.3) is 0 Å². The van der Waals surface area contributed by atoms with Gasteiger partial charge in [0.15, 0.2) is 0 Å². The Labute approximate surface area is 169 Å². The molecule has 4 aliphatic rings. The van der Waals surface area contributed by atoms with Crippen molar-refractivity contribution >= 4 is 5.97 Å². The molecule has 1 unspecified atom stereocenters. The number of carboxylic acids is 1. The summed E-state index contributed by atoms with van der Waals surface area (Å²) >= 11 is 0. The summed E-state index contributed by atoms with van der Waals surface area (Å²) in [7, 11) is 0. The van der Waals surface area contributed by atoms with Crippen molar-refractivity contribution in [3.63, 3.8) is 0 Å². The van der Waals surface area contributed by atoms with Crippen molar-refractivity contribution < 1.29 is 19.4 Å². The molecule has 2 N–H and O–H groups in total. The van der Waals surface area contributed by atoms with E-state index in [1.54, 1.807) is 0 Å². The van der Waals surface area contributed by atoms with Crippen molar-refractivity contribution in [2.24, 2.45) is 46.3 Å². The predicted octanol–water partition coefficient (Wildman–Crippen LogP) is 5.46. The third-order valence-electron chi connectivity index (χ3n) is 10.2. The van der Waals surface area contributed by atoms with Gasteiger partial charge in [-0.3, -0.25) is 4.79 Å². The highest BCUT2D eigenvalue weighted by Crippen LogP contribution is 2.68. The fraction of sp³-hybridized carbons (Fsp3) is 0.958. The van der Waals surface area contributed by atoms with Gasteiger partial charge in [0.05, 0.1) is 6.10 Å². The first-order chi connectivity index (χ1) is 13.2. The number of hydrogen-bond donors (Lipinski definition) is 2. The second-order valence-electron chi connectivity index (χ2n) is 11.3. The zero-order chi connectivity index (χ0) is 20.3. The topological polar surface area (TPSA) is 57.5 Å². The van der Waals surface area contributed by atoms with Crippen LogP contribution in [-0.4, -0.2) is 28.5 Å². The number of aliphatic carboxylic acids is 1. The molecule has 4 heteroatoms. The van der Waals surface area contributed by atoms with Crippen LogP contribution in [-0.2, 0) is 4.79 Å². The van der Waals surface area contributed by atoms with Crippen LogP contribution in [0.15, 0.2) is 0 Å². The fourth-order valence-corrected chi connectivity index (χ4v) is 8.68. The lowest BCUT2D eigenvalue weighted by molar-refractivity contribution is -0.157. The van der Waals surface area contributed by atoms with E-state index in [0.717, 1.165) is 44.9 Å². The van der Waals surface area contributed by atoms with Crippen molar-refractivity contribution in [1.82, 2.24) is 0 Å². The smallest absolute Gasteiger partial charge is 0.303 e. The lowest BCUT2D eigenvalue weighted by Crippen LogP contribution is -2.57. The first-order valence-corrected chi connectivity index (χ1v) is 11.7. The van der Waals surface area contributed by atoms with Crippen molar-refractivity contribution in [3.8, 4) is 0 Å². The second-order valence-corrected chi connectivity index (χ2v) is 11.3. The molecule has 4 rings (SSSR count).